The van der Waals surface area contributed by atoms with Crippen molar-refractivity contribution in [3.8, 4) is 11.8 Å². The number of carbonyl (C=O) groups is 1. The number of allylic oxidation sites excluding steroid dienone is 2. The summed E-state index contributed by atoms with van der Waals surface area (Å²) in [5.41, 5.74) is 1.54. The van der Waals surface area contributed by atoms with Crippen LogP contribution in [0.25, 0.3) is 0 Å². The Hall–Kier alpha value is -2.84. The van der Waals surface area contributed by atoms with Crippen molar-refractivity contribution >= 4 is 40.2 Å². The standard InChI is InChI=1S/C21H17BrFN3O2S.C5H11NO/c1-11-18(20(27)26-16-5-3-4-6-17(16)28-2)19(14(10-24)21(29)25-11)13-8-7-12(22)9-15(13)23;1-6-2-4-7-5-3-6/h3-9,19,25,29H,1-2H3,(H,26,27);2-5H2,1H3. The largest absolute Gasteiger partial charge is 0.495 e. The van der Waals surface area contributed by atoms with E-state index in [1.54, 1.807) is 43.3 Å². The molecule has 36 heavy (non-hydrogen) atoms. The molecule has 0 saturated carbocycles. The van der Waals surface area contributed by atoms with Gasteiger partial charge in [-0.2, -0.15) is 5.26 Å². The summed E-state index contributed by atoms with van der Waals surface area (Å²) in [4.78, 5) is 15.5. The molecule has 4 rings (SSSR count). The molecule has 1 atom stereocenters. The molecule has 0 aromatic heterocycles. The highest BCUT2D eigenvalue weighted by atomic mass is 79.9. The molecule has 190 valence electrons. The average Bonchev–Trinajstić information content (AvgIpc) is 2.85. The molecule has 2 aromatic rings. The van der Waals surface area contributed by atoms with Crippen LogP contribution in [-0.4, -0.2) is 51.3 Å². The van der Waals surface area contributed by atoms with Crippen LogP contribution in [0.2, 0.25) is 0 Å². The molecule has 0 aliphatic carbocycles. The molecule has 2 aliphatic rings. The van der Waals surface area contributed by atoms with Crippen molar-refractivity contribution in [1.29, 1.82) is 5.26 Å². The van der Waals surface area contributed by atoms with Gasteiger partial charge in [0.25, 0.3) is 5.91 Å². The number of ether oxygens (including phenoxy) is 2. The first-order valence-corrected chi connectivity index (χ1v) is 12.5. The molecule has 2 aliphatic heterocycles. The Morgan fingerprint density at radius 2 is 2.00 bits per heavy atom. The summed E-state index contributed by atoms with van der Waals surface area (Å²) in [7, 11) is 3.61. The number of methoxy groups -OCH3 is 1. The first kappa shape index (κ1) is 27.7. The Labute approximate surface area is 224 Å². The van der Waals surface area contributed by atoms with E-state index >= 15 is 0 Å². The van der Waals surface area contributed by atoms with Crippen LogP contribution in [0.5, 0.6) is 5.75 Å². The van der Waals surface area contributed by atoms with Crippen LogP contribution < -0.4 is 15.4 Å². The summed E-state index contributed by atoms with van der Waals surface area (Å²) in [6.07, 6.45) is 0. The number of hydrogen-bond acceptors (Lipinski definition) is 7. The van der Waals surface area contributed by atoms with Gasteiger partial charge in [-0.25, -0.2) is 4.39 Å². The Kier molecular flexibility index (Phi) is 9.96. The normalized spacial score (nSPS) is 18.0. The van der Waals surface area contributed by atoms with Gasteiger partial charge in [0.2, 0.25) is 0 Å². The Morgan fingerprint density at radius 3 is 2.58 bits per heavy atom. The van der Waals surface area contributed by atoms with Crippen LogP contribution >= 0.6 is 28.6 Å². The van der Waals surface area contributed by atoms with E-state index in [2.05, 4.69) is 57.2 Å². The van der Waals surface area contributed by atoms with Crippen LogP contribution in [0.1, 0.15) is 18.4 Å². The number of nitrogens with one attached hydrogen (secondary N) is 2. The van der Waals surface area contributed by atoms with Crippen LogP contribution in [0, 0.1) is 17.1 Å². The predicted molar refractivity (Wildman–Crippen MR) is 144 cm³/mol. The molecule has 10 heteroatoms. The van der Waals surface area contributed by atoms with E-state index in [-0.39, 0.29) is 21.7 Å². The van der Waals surface area contributed by atoms with E-state index in [0.717, 1.165) is 26.3 Å². The summed E-state index contributed by atoms with van der Waals surface area (Å²) in [6.45, 7) is 5.71. The third kappa shape index (κ3) is 6.68. The van der Waals surface area contributed by atoms with E-state index in [9.17, 15) is 14.4 Å². The van der Waals surface area contributed by atoms with E-state index in [0.29, 0.717) is 21.6 Å². The Bertz CT molecular complexity index is 1220. The van der Waals surface area contributed by atoms with Gasteiger partial charge in [0.05, 0.1) is 48.6 Å². The molecule has 0 radical (unpaired) electrons. The number of nitrogens with zero attached hydrogens (tertiary/aromatic N) is 2. The lowest BCUT2D eigenvalue weighted by molar-refractivity contribution is -0.113. The van der Waals surface area contributed by atoms with Crippen molar-refractivity contribution < 1.29 is 18.7 Å². The number of halogens is 2. The van der Waals surface area contributed by atoms with Crippen molar-refractivity contribution in [2.75, 3.05) is 45.8 Å². The van der Waals surface area contributed by atoms with E-state index in [1.165, 1.54) is 13.2 Å². The highest BCUT2D eigenvalue weighted by Gasteiger charge is 2.35. The van der Waals surface area contributed by atoms with Crippen molar-refractivity contribution in [3.63, 3.8) is 0 Å². The van der Waals surface area contributed by atoms with E-state index in [1.807, 2.05) is 0 Å². The highest BCUT2D eigenvalue weighted by molar-refractivity contribution is 9.10. The number of likely N-dealkylation sites (N-methyl/N-ethyl adjacent to an activating group) is 1. The minimum absolute atomic E-state index is 0.158. The zero-order valence-corrected chi connectivity index (χ0v) is 22.7. The van der Waals surface area contributed by atoms with Crippen LogP contribution in [0.15, 0.2) is 68.8 Å². The Balaban J connectivity index is 0.000000444. The number of amides is 1. The molecule has 2 N–H and O–H groups in total. The van der Waals surface area contributed by atoms with Gasteiger partial charge in [0, 0.05) is 34.4 Å². The van der Waals surface area contributed by atoms with Gasteiger partial charge in [-0.05, 0) is 38.2 Å². The maximum Gasteiger partial charge on any atom is 0.254 e. The third-order valence-electron chi connectivity index (χ3n) is 5.77. The highest BCUT2D eigenvalue weighted by Crippen LogP contribution is 2.40. The maximum atomic E-state index is 14.8. The number of carbonyl (C=O) groups excluding carboxylic acids is 1. The smallest absolute Gasteiger partial charge is 0.254 e. The minimum Gasteiger partial charge on any atom is -0.495 e. The molecule has 2 aromatic carbocycles. The van der Waals surface area contributed by atoms with Crippen LogP contribution in [-0.2, 0) is 9.53 Å². The molecule has 1 saturated heterocycles. The van der Waals surface area contributed by atoms with Crippen molar-refractivity contribution in [2.24, 2.45) is 0 Å². The number of morpholine rings is 1. The van der Waals surface area contributed by atoms with Gasteiger partial charge in [-0.15, -0.1) is 12.6 Å². The third-order valence-corrected chi connectivity index (χ3v) is 6.62. The number of nitriles is 1. The second kappa shape index (κ2) is 12.9. The topological polar surface area (TPSA) is 86.6 Å². The number of thiol groups is 1. The first-order chi connectivity index (χ1) is 17.3. The van der Waals surface area contributed by atoms with Gasteiger partial charge >= 0.3 is 0 Å². The second-order valence-electron chi connectivity index (χ2n) is 8.21. The fourth-order valence-corrected chi connectivity index (χ4v) is 4.55. The fourth-order valence-electron chi connectivity index (χ4n) is 3.87. The average molecular weight is 576 g/mol. The summed E-state index contributed by atoms with van der Waals surface area (Å²) < 4.78 is 25.7. The van der Waals surface area contributed by atoms with Gasteiger partial charge in [-0.3, -0.25) is 4.79 Å². The maximum absolute atomic E-state index is 14.8. The molecule has 1 fully saturated rings. The number of hydrogen-bond donors (Lipinski definition) is 3. The minimum atomic E-state index is -0.906. The lowest BCUT2D eigenvalue weighted by Gasteiger charge is -2.29. The lowest BCUT2D eigenvalue weighted by Crippen LogP contribution is -2.32. The Morgan fingerprint density at radius 1 is 1.31 bits per heavy atom. The summed E-state index contributed by atoms with van der Waals surface area (Å²) >= 11 is 7.56. The second-order valence-corrected chi connectivity index (χ2v) is 9.57. The van der Waals surface area contributed by atoms with Gasteiger partial charge < -0.3 is 25.0 Å². The SMILES string of the molecule is CN1CCOCC1.COc1ccccc1NC(=O)C1=C(C)NC(S)=C(C#N)C1c1ccc(Br)cc1F. The molecular weight excluding hydrogens is 547 g/mol. The quantitative estimate of drug-likeness (QED) is 0.454. The molecule has 0 spiro atoms. The van der Waals surface area contributed by atoms with Gasteiger partial charge in [0.1, 0.15) is 11.6 Å². The molecule has 7 nitrogen and oxygen atoms in total. The number of benzene rings is 2. The van der Waals surface area contributed by atoms with Gasteiger partial charge in [-0.1, -0.05) is 34.1 Å². The predicted octanol–water partition coefficient (Wildman–Crippen LogP) is 4.81. The van der Waals surface area contributed by atoms with Crippen LogP contribution in [0.4, 0.5) is 10.1 Å². The fraction of sp³-hybridized carbons (Fsp3) is 0.308. The summed E-state index contributed by atoms with van der Waals surface area (Å²) in [5, 5.41) is 15.7. The number of dihydropyridines is 1. The van der Waals surface area contributed by atoms with E-state index < -0.39 is 17.6 Å². The number of anilines is 1. The van der Waals surface area contributed by atoms with Crippen molar-refractivity contribution in [2.45, 2.75) is 12.8 Å². The molecular formula is C26H28BrFN4O3S. The van der Waals surface area contributed by atoms with E-state index in [4.69, 9.17) is 9.47 Å². The number of rotatable bonds is 4. The molecule has 2 heterocycles. The monoisotopic (exact) mass is 574 g/mol. The zero-order valence-electron chi connectivity index (χ0n) is 20.3. The van der Waals surface area contributed by atoms with Crippen molar-refractivity contribution in [3.05, 3.63) is 80.2 Å². The molecule has 0 bridgehead atoms. The first-order valence-electron chi connectivity index (χ1n) is 11.2. The van der Waals surface area contributed by atoms with Crippen LogP contribution in [0.3, 0.4) is 0 Å². The summed E-state index contributed by atoms with van der Waals surface area (Å²) in [5.74, 6) is -1.42. The zero-order chi connectivity index (χ0) is 26.2. The summed E-state index contributed by atoms with van der Waals surface area (Å²) in [6, 6.07) is 13.5. The molecule has 1 unspecified atom stereocenters. The lowest BCUT2D eigenvalue weighted by atomic mass is 9.82. The van der Waals surface area contributed by atoms with Crippen molar-refractivity contribution in [1.82, 2.24) is 10.2 Å². The van der Waals surface area contributed by atoms with Gasteiger partial charge in [0.15, 0.2) is 0 Å². The number of para-hydroxylation sites is 2. The molecule has 1 amide bonds.